The van der Waals surface area contributed by atoms with E-state index in [4.69, 9.17) is 28.4 Å². The van der Waals surface area contributed by atoms with E-state index in [1.54, 1.807) is 6.92 Å². The first-order valence-electron chi connectivity index (χ1n) is 11.5. The molecule has 0 aliphatic carbocycles. The minimum Gasteiger partial charge on any atom is -0.460 e. The summed E-state index contributed by atoms with van der Waals surface area (Å²) in [6.07, 6.45) is 3.50. The first-order valence-corrected chi connectivity index (χ1v) is 11.5. The second-order valence-corrected chi connectivity index (χ2v) is 6.73. The fourth-order valence-corrected chi connectivity index (χ4v) is 1.86. The molecule has 0 aliphatic heterocycles. The SMILES string of the molecule is C=CC(=O)NCCOCCOCCOC(=O)C(=C)C.C=CC(=O)NCCOCCOCCOC(=O)C=C. The highest BCUT2D eigenvalue weighted by molar-refractivity contribution is 5.87. The van der Waals surface area contributed by atoms with Gasteiger partial charge in [-0.3, -0.25) is 9.59 Å². The van der Waals surface area contributed by atoms with Crippen LogP contribution in [0.5, 0.6) is 0 Å². The molecule has 0 radical (unpaired) electrons. The molecule has 0 spiro atoms. The molecule has 12 heteroatoms. The zero-order valence-corrected chi connectivity index (χ0v) is 21.6. The van der Waals surface area contributed by atoms with Crippen LogP contribution in [-0.2, 0) is 47.6 Å². The van der Waals surface area contributed by atoms with Crippen LogP contribution in [0.1, 0.15) is 6.92 Å². The second-order valence-electron chi connectivity index (χ2n) is 6.73. The van der Waals surface area contributed by atoms with Gasteiger partial charge in [0.05, 0.1) is 52.9 Å². The lowest BCUT2D eigenvalue weighted by molar-refractivity contribution is -0.141. The molecule has 0 rings (SSSR count). The molecule has 0 aliphatic rings. The van der Waals surface area contributed by atoms with Crippen molar-refractivity contribution < 1.29 is 47.6 Å². The first-order chi connectivity index (χ1) is 17.8. The van der Waals surface area contributed by atoms with Gasteiger partial charge in [0.15, 0.2) is 0 Å². The fraction of sp³-hybridized carbons (Fsp3) is 0.520. The maximum Gasteiger partial charge on any atom is 0.333 e. The molecule has 2 N–H and O–H groups in total. The molecule has 37 heavy (non-hydrogen) atoms. The fourth-order valence-electron chi connectivity index (χ4n) is 1.86. The lowest BCUT2D eigenvalue weighted by atomic mass is 10.4. The molecule has 2 amide bonds. The summed E-state index contributed by atoms with van der Waals surface area (Å²) in [6.45, 7) is 19.3. The number of nitrogens with one attached hydrogen (secondary N) is 2. The summed E-state index contributed by atoms with van der Waals surface area (Å²) in [4.78, 5) is 43.1. The molecule has 0 aromatic rings. The minimum atomic E-state index is -0.465. The summed E-state index contributed by atoms with van der Waals surface area (Å²) < 4.78 is 30.2. The summed E-state index contributed by atoms with van der Waals surface area (Å²) >= 11 is 0. The van der Waals surface area contributed by atoms with Gasteiger partial charge in [0.2, 0.25) is 11.8 Å². The highest BCUT2D eigenvalue weighted by Crippen LogP contribution is 1.91. The maximum absolute atomic E-state index is 11.0. The predicted octanol–water partition coefficient (Wildman–Crippen LogP) is 0.492. The summed E-state index contributed by atoms with van der Waals surface area (Å²) in [5.41, 5.74) is 0.366. The highest BCUT2D eigenvalue weighted by Gasteiger charge is 2.02. The quantitative estimate of drug-likeness (QED) is 0.116. The molecule has 210 valence electrons. The molecule has 0 heterocycles. The van der Waals surface area contributed by atoms with Crippen molar-refractivity contribution in [3.63, 3.8) is 0 Å². The van der Waals surface area contributed by atoms with Crippen LogP contribution in [0.4, 0.5) is 0 Å². The number of esters is 2. The largest absolute Gasteiger partial charge is 0.460 e. The van der Waals surface area contributed by atoms with Gasteiger partial charge in [0.25, 0.3) is 0 Å². The lowest BCUT2D eigenvalue weighted by Gasteiger charge is -2.07. The van der Waals surface area contributed by atoms with Crippen LogP contribution in [0.15, 0.2) is 50.1 Å². The number of carbonyl (C=O) groups excluding carboxylic acids is 4. The van der Waals surface area contributed by atoms with Crippen molar-refractivity contribution in [2.45, 2.75) is 6.92 Å². The van der Waals surface area contributed by atoms with Gasteiger partial charge in [0.1, 0.15) is 13.2 Å². The van der Waals surface area contributed by atoms with Gasteiger partial charge in [-0.1, -0.05) is 26.3 Å². The predicted molar refractivity (Wildman–Crippen MR) is 137 cm³/mol. The third-order valence-electron chi connectivity index (χ3n) is 3.65. The van der Waals surface area contributed by atoms with Gasteiger partial charge in [-0.25, -0.2) is 9.59 Å². The van der Waals surface area contributed by atoms with Crippen molar-refractivity contribution in [3.8, 4) is 0 Å². The van der Waals surface area contributed by atoms with Crippen molar-refractivity contribution in [2.75, 3.05) is 79.2 Å². The van der Waals surface area contributed by atoms with Crippen LogP contribution in [0.25, 0.3) is 0 Å². The average molecular weight is 529 g/mol. The Morgan fingerprint density at radius 1 is 0.595 bits per heavy atom. The summed E-state index contributed by atoms with van der Waals surface area (Å²) in [7, 11) is 0. The molecule has 0 saturated heterocycles. The standard InChI is InChI=1S/C13H21NO5.C12H19NO5/c1-4-12(15)14-5-6-17-7-8-18-9-10-19-13(16)11(2)3;1-3-11(14)13-5-6-16-7-8-17-9-10-18-12(15)4-2/h4H,1-2,5-10H2,3H3,(H,14,15);3-4H,1-2,5-10H2,(H,13,14). The Labute approximate surface area is 218 Å². The summed E-state index contributed by atoms with van der Waals surface area (Å²) in [5, 5.41) is 5.15. The average Bonchev–Trinajstić information content (AvgIpc) is 2.90. The molecule has 0 unspecified atom stereocenters. The van der Waals surface area contributed by atoms with Gasteiger partial charge in [-0.2, -0.15) is 0 Å². The normalized spacial score (nSPS) is 9.65. The number of ether oxygens (including phenoxy) is 6. The zero-order chi connectivity index (χ0) is 28.2. The van der Waals surface area contributed by atoms with Gasteiger partial charge in [-0.15, -0.1) is 0 Å². The van der Waals surface area contributed by atoms with Crippen LogP contribution < -0.4 is 10.6 Å². The third-order valence-corrected chi connectivity index (χ3v) is 3.65. The number of hydrogen-bond acceptors (Lipinski definition) is 10. The van der Waals surface area contributed by atoms with Gasteiger partial charge < -0.3 is 39.1 Å². The lowest BCUT2D eigenvalue weighted by Crippen LogP contribution is -2.25. The molecule has 0 atom stereocenters. The Kier molecular flexibility index (Phi) is 26.4. The Morgan fingerprint density at radius 2 is 0.973 bits per heavy atom. The monoisotopic (exact) mass is 528 g/mol. The van der Waals surface area contributed by atoms with Crippen molar-refractivity contribution >= 4 is 23.8 Å². The highest BCUT2D eigenvalue weighted by atomic mass is 16.6. The molecule has 0 fully saturated rings. The van der Waals surface area contributed by atoms with Gasteiger partial charge in [-0.05, 0) is 19.1 Å². The second kappa shape index (κ2) is 27.3. The van der Waals surface area contributed by atoms with Gasteiger partial charge in [0, 0.05) is 24.7 Å². The molecule has 0 saturated carbocycles. The Morgan fingerprint density at radius 3 is 1.35 bits per heavy atom. The maximum atomic E-state index is 11.0. The smallest absolute Gasteiger partial charge is 0.333 e. The van der Waals surface area contributed by atoms with E-state index in [0.717, 1.165) is 6.08 Å². The number of rotatable bonds is 22. The molecule has 0 aromatic carbocycles. The Hall–Kier alpha value is -3.32. The van der Waals surface area contributed by atoms with E-state index in [1.807, 2.05) is 0 Å². The van der Waals surface area contributed by atoms with Crippen molar-refractivity contribution in [1.82, 2.24) is 10.6 Å². The van der Waals surface area contributed by atoms with E-state index < -0.39 is 11.9 Å². The molecule has 0 aromatic heterocycles. The van der Waals surface area contributed by atoms with E-state index >= 15 is 0 Å². The summed E-state index contributed by atoms with van der Waals surface area (Å²) in [6, 6.07) is 0. The van der Waals surface area contributed by atoms with Crippen LogP contribution in [0.3, 0.4) is 0 Å². The molecular formula is C25H40N2O10. The Bertz CT molecular complexity index is 682. The molecule has 12 nitrogen and oxygen atoms in total. The van der Waals surface area contributed by atoms with E-state index in [1.165, 1.54) is 12.2 Å². The van der Waals surface area contributed by atoms with E-state index in [2.05, 4.69) is 36.9 Å². The first kappa shape index (κ1) is 35.8. The van der Waals surface area contributed by atoms with E-state index in [-0.39, 0.29) is 25.0 Å². The topological polar surface area (TPSA) is 148 Å². The van der Waals surface area contributed by atoms with Crippen LogP contribution >= 0.6 is 0 Å². The van der Waals surface area contributed by atoms with Crippen LogP contribution in [0.2, 0.25) is 0 Å². The van der Waals surface area contributed by atoms with Crippen molar-refractivity contribution in [3.05, 3.63) is 50.1 Å². The molecular weight excluding hydrogens is 488 g/mol. The molecule has 0 bridgehead atoms. The van der Waals surface area contributed by atoms with Crippen molar-refractivity contribution in [2.24, 2.45) is 0 Å². The zero-order valence-electron chi connectivity index (χ0n) is 21.6. The van der Waals surface area contributed by atoms with Crippen LogP contribution in [-0.4, -0.2) is 103 Å². The Balaban J connectivity index is 0. The minimum absolute atomic E-state index is 0.195. The van der Waals surface area contributed by atoms with Gasteiger partial charge >= 0.3 is 11.9 Å². The summed E-state index contributed by atoms with van der Waals surface area (Å²) in [5.74, 6) is -1.33. The van der Waals surface area contributed by atoms with Crippen LogP contribution in [0, 0.1) is 0 Å². The van der Waals surface area contributed by atoms with Crippen molar-refractivity contribution in [1.29, 1.82) is 0 Å². The van der Waals surface area contributed by atoms with E-state index in [0.29, 0.717) is 71.5 Å². The van der Waals surface area contributed by atoms with E-state index in [9.17, 15) is 19.2 Å². The number of amides is 2. The number of carbonyl (C=O) groups is 4. The number of hydrogen-bond donors (Lipinski definition) is 2. The third kappa shape index (κ3) is 28.8.